The molecule has 96 valence electrons. The van der Waals surface area contributed by atoms with E-state index in [4.69, 9.17) is 15.7 Å². The zero-order valence-corrected chi connectivity index (χ0v) is 10.5. The summed E-state index contributed by atoms with van der Waals surface area (Å²) >= 11 is 0. The van der Waals surface area contributed by atoms with Crippen molar-refractivity contribution in [2.45, 2.75) is 25.9 Å². The van der Waals surface area contributed by atoms with Crippen LogP contribution in [0.25, 0.3) is 0 Å². The minimum Gasteiger partial charge on any atom is -0.397 e. The van der Waals surface area contributed by atoms with Crippen LogP contribution in [0, 0.1) is 17.2 Å². The van der Waals surface area contributed by atoms with E-state index in [0.29, 0.717) is 29.1 Å². The summed E-state index contributed by atoms with van der Waals surface area (Å²) in [4.78, 5) is 4.16. The molecule has 0 radical (unpaired) electrons. The third-order valence-corrected chi connectivity index (χ3v) is 3.31. The second kappa shape index (κ2) is 5.69. The summed E-state index contributed by atoms with van der Waals surface area (Å²) in [5, 5.41) is 12.3. The normalized spacial score (nSPS) is 22.7. The van der Waals surface area contributed by atoms with Crippen LogP contribution in [0.3, 0.4) is 0 Å². The van der Waals surface area contributed by atoms with Gasteiger partial charge >= 0.3 is 0 Å². The molecule has 18 heavy (non-hydrogen) atoms. The number of nitrogens with zero attached hydrogens (tertiary/aromatic N) is 2. The fourth-order valence-electron chi connectivity index (χ4n) is 2.31. The monoisotopic (exact) mass is 246 g/mol. The zero-order valence-electron chi connectivity index (χ0n) is 10.5. The van der Waals surface area contributed by atoms with E-state index < -0.39 is 0 Å². The van der Waals surface area contributed by atoms with Gasteiger partial charge in [-0.05, 0) is 18.9 Å². The lowest BCUT2D eigenvalue weighted by Crippen LogP contribution is -2.23. The molecule has 0 aliphatic carbocycles. The number of hydrogen-bond donors (Lipinski definition) is 2. The molecule has 1 fully saturated rings. The van der Waals surface area contributed by atoms with Gasteiger partial charge in [-0.1, -0.05) is 6.92 Å². The van der Waals surface area contributed by atoms with E-state index in [-0.39, 0.29) is 0 Å². The van der Waals surface area contributed by atoms with E-state index in [2.05, 4.69) is 23.3 Å². The van der Waals surface area contributed by atoms with Crippen molar-refractivity contribution in [1.29, 1.82) is 5.26 Å². The molecule has 3 N–H and O–H groups in total. The Bertz CT molecular complexity index is 455. The summed E-state index contributed by atoms with van der Waals surface area (Å²) in [6.07, 6.45) is 3.96. The molecule has 0 amide bonds. The van der Waals surface area contributed by atoms with Gasteiger partial charge in [0.25, 0.3) is 0 Å². The van der Waals surface area contributed by atoms with Crippen LogP contribution in [0.2, 0.25) is 0 Å². The number of hydrogen-bond acceptors (Lipinski definition) is 5. The van der Waals surface area contributed by atoms with Gasteiger partial charge in [-0.2, -0.15) is 5.26 Å². The third kappa shape index (κ3) is 2.71. The fraction of sp³-hybridized carbons (Fsp3) is 0.538. The molecule has 2 unspecified atom stereocenters. The van der Waals surface area contributed by atoms with Crippen LogP contribution < -0.4 is 11.1 Å². The second-order valence-electron chi connectivity index (χ2n) is 4.52. The molecule has 0 saturated carbocycles. The van der Waals surface area contributed by atoms with Crippen molar-refractivity contribution in [3.05, 3.63) is 17.8 Å². The summed E-state index contributed by atoms with van der Waals surface area (Å²) in [5.74, 6) is 1.09. The van der Waals surface area contributed by atoms with Crippen LogP contribution in [0.1, 0.15) is 25.3 Å². The SMILES string of the molecule is CCC1OCCC1CNc1ncc(N)cc1C#N. The Morgan fingerprint density at radius 2 is 2.50 bits per heavy atom. The summed E-state index contributed by atoms with van der Waals surface area (Å²) in [7, 11) is 0. The van der Waals surface area contributed by atoms with Gasteiger partial charge in [-0.15, -0.1) is 0 Å². The maximum atomic E-state index is 9.02. The van der Waals surface area contributed by atoms with Crippen LogP contribution in [0.5, 0.6) is 0 Å². The molecule has 1 aliphatic heterocycles. The molecule has 1 saturated heterocycles. The Kier molecular flexibility index (Phi) is 4.00. The maximum Gasteiger partial charge on any atom is 0.144 e. The highest BCUT2D eigenvalue weighted by molar-refractivity contribution is 5.57. The van der Waals surface area contributed by atoms with E-state index in [1.165, 1.54) is 0 Å². The zero-order chi connectivity index (χ0) is 13.0. The van der Waals surface area contributed by atoms with E-state index in [0.717, 1.165) is 26.0 Å². The van der Waals surface area contributed by atoms with Crippen LogP contribution in [0.15, 0.2) is 12.3 Å². The Balaban J connectivity index is 2.00. The van der Waals surface area contributed by atoms with Crippen molar-refractivity contribution in [2.75, 3.05) is 24.2 Å². The number of nitrogens with one attached hydrogen (secondary N) is 1. The number of pyridine rings is 1. The number of rotatable bonds is 4. The van der Waals surface area contributed by atoms with Gasteiger partial charge in [0, 0.05) is 19.1 Å². The van der Waals surface area contributed by atoms with Crippen LogP contribution in [-0.4, -0.2) is 24.2 Å². The quantitative estimate of drug-likeness (QED) is 0.845. The van der Waals surface area contributed by atoms with Gasteiger partial charge in [-0.25, -0.2) is 4.98 Å². The minimum absolute atomic E-state index is 0.316. The first-order valence-electron chi connectivity index (χ1n) is 6.25. The molecule has 5 nitrogen and oxygen atoms in total. The molecule has 5 heteroatoms. The van der Waals surface area contributed by atoms with E-state index in [1.54, 1.807) is 12.3 Å². The molecule has 0 bridgehead atoms. The fourth-order valence-corrected chi connectivity index (χ4v) is 2.31. The minimum atomic E-state index is 0.316. The number of nitriles is 1. The lowest BCUT2D eigenvalue weighted by atomic mass is 9.99. The van der Waals surface area contributed by atoms with Gasteiger partial charge < -0.3 is 15.8 Å². The average Bonchev–Trinajstić information content (AvgIpc) is 2.84. The molecular weight excluding hydrogens is 228 g/mol. The van der Waals surface area contributed by atoms with Crippen molar-refractivity contribution in [3.63, 3.8) is 0 Å². The molecule has 1 aromatic rings. The summed E-state index contributed by atoms with van der Waals surface area (Å²) in [5.41, 5.74) is 6.60. The largest absolute Gasteiger partial charge is 0.397 e. The lowest BCUT2D eigenvalue weighted by Gasteiger charge is -2.17. The van der Waals surface area contributed by atoms with Crippen molar-refractivity contribution in [2.24, 2.45) is 5.92 Å². The third-order valence-electron chi connectivity index (χ3n) is 3.31. The van der Waals surface area contributed by atoms with Crippen molar-refractivity contribution < 1.29 is 4.74 Å². The van der Waals surface area contributed by atoms with Gasteiger partial charge in [-0.3, -0.25) is 0 Å². The molecule has 1 aromatic heterocycles. The molecular formula is C13H18N4O. The Morgan fingerprint density at radius 3 is 3.22 bits per heavy atom. The molecule has 2 heterocycles. The highest BCUT2D eigenvalue weighted by atomic mass is 16.5. The molecule has 0 aromatic carbocycles. The van der Waals surface area contributed by atoms with Crippen LogP contribution in [-0.2, 0) is 4.74 Å². The van der Waals surface area contributed by atoms with Gasteiger partial charge in [0.1, 0.15) is 11.9 Å². The van der Waals surface area contributed by atoms with E-state index >= 15 is 0 Å². The number of aromatic nitrogens is 1. The van der Waals surface area contributed by atoms with Gasteiger partial charge in [0.15, 0.2) is 0 Å². The first-order valence-corrected chi connectivity index (χ1v) is 6.25. The predicted octanol–water partition coefficient (Wildman–Crippen LogP) is 1.76. The topological polar surface area (TPSA) is 84.0 Å². The average molecular weight is 246 g/mol. The highest BCUT2D eigenvalue weighted by Crippen LogP contribution is 2.24. The Labute approximate surface area is 107 Å². The van der Waals surface area contributed by atoms with E-state index in [1.807, 2.05) is 0 Å². The number of nitrogen functional groups attached to an aromatic ring is 1. The van der Waals surface area contributed by atoms with Crippen molar-refractivity contribution >= 4 is 11.5 Å². The van der Waals surface area contributed by atoms with E-state index in [9.17, 15) is 0 Å². The van der Waals surface area contributed by atoms with Crippen molar-refractivity contribution in [3.8, 4) is 6.07 Å². The summed E-state index contributed by atoms with van der Waals surface area (Å²) in [6.45, 7) is 3.74. The van der Waals surface area contributed by atoms with Crippen LogP contribution >= 0.6 is 0 Å². The first kappa shape index (κ1) is 12.7. The Morgan fingerprint density at radius 1 is 1.67 bits per heavy atom. The Hall–Kier alpha value is -1.80. The molecule has 0 spiro atoms. The standard InChI is InChI=1S/C13H18N4O/c1-2-12-9(3-4-18-12)7-16-13-10(6-14)5-11(15)8-17-13/h5,8-9,12H,2-4,7,15H2,1H3,(H,16,17). The molecule has 1 aliphatic rings. The van der Waals surface area contributed by atoms with Gasteiger partial charge in [0.2, 0.25) is 0 Å². The lowest BCUT2D eigenvalue weighted by molar-refractivity contribution is 0.0900. The predicted molar refractivity (Wildman–Crippen MR) is 70.0 cm³/mol. The molecule has 2 atom stereocenters. The number of anilines is 2. The first-order chi connectivity index (χ1) is 8.74. The second-order valence-corrected chi connectivity index (χ2v) is 4.52. The smallest absolute Gasteiger partial charge is 0.144 e. The number of ether oxygens (including phenoxy) is 1. The highest BCUT2D eigenvalue weighted by Gasteiger charge is 2.26. The molecule has 2 rings (SSSR count). The van der Waals surface area contributed by atoms with Gasteiger partial charge in [0.05, 0.1) is 23.6 Å². The maximum absolute atomic E-state index is 9.02. The summed E-state index contributed by atoms with van der Waals surface area (Å²) in [6, 6.07) is 3.74. The van der Waals surface area contributed by atoms with Crippen LogP contribution in [0.4, 0.5) is 11.5 Å². The van der Waals surface area contributed by atoms with Crippen molar-refractivity contribution in [1.82, 2.24) is 4.98 Å². The summed E-state index contributed by atoms with van der Waals surface area (Å²) < 4.78 is 5.63. The number of nitrogens with two attached hydrogens (primary N) is 1.